The molecule has 4 nitrogen and oxygen atoms in total. The Morgan fingerprint density at radius 3 is 2.67 bits per heavy atom. The Morgan fingerprint density at radius 2 is 2.06 bits per heavy atom. The predicted octanol–water partition coefficient (Wildman–Crippen LogP) is 1.31. The number of benzene rings is 1. The van der Waals surface area contributed by atoms with Crippen LogP contribution in [0, 0.1) is 5.92 Å². The summed E-state index contributed by atoms with van der Waals surface area (Å²) in [5, 5.41) is 6.06. The van der Waals surface area contributed by atoms with E-state index < -0.39 is 0 Å². The van der Waals surface area contributed by atoms with Crippen LogP contribution in [0.2, 0.25) is 0 Å². The molecule has 0 unspecified atom stereocenters. The molecule has 0 spiro atoms. The minimum absolute atomic E-state index is 0.0791. The summed E-state index contributed by atoms with van der Waals surface area (Å²) in [6, 6.07) is 7.83. The molecule has 98 valence electrons. The molecule has 0 bridgehead atoms. The van der Waals surface area contributed by atoms with Crippen LogP contribution in [0.1, 0.15) is 18.4 Å². The molecule has 1 aliphatic rings. The number of methoxy groups -OCH3 is 1. The van der Waals surface area contributed by atoms with Gasteiger partial charge in [0.25, 0.3) is 0 Å². The summed E-state index contributed by atoms with van der Waals surface area (Å²) in [6.45, 7) is 1.91. The smallest absolute Gasteiger partial charge is 0.233 e. The van der Waals surface area contributed by atoms with Crippen LogP contribution in [0.3, 0.4) is 0 Å². The lowest BCUT2D eigenvalue weighted by atomic mass is 10.2. The molecular formula is C14H20N2O2. The number of hydrogen-bond donors (Lipinski definition) is 2. The molecule has 1 fully saturated rings. The second kappa shape index (κ2) is 6.40. The average molecular weight is 248 g/mol. The van der Waals surface area contributed by atoms with Gasteiger partial charge in [0.05, 0.1) is 13.7 Å². The first-order valence-electron chi connectivity index (χ1n) is 6.38. The van der Waals surface area contributed by atoms with Crippen molar-refractivity contribution in [2.24, 2.45) is 5.92 Å². The number of carbonyl (C=O) groups excluding carboxylic acids is 1. The van der Waals surface area contributed by atoms with Crippen molar-refractivity contribution < 1.29 is 9.53 Å². The fourth-order valence-corrected chi connectivity index (χ4v) is 1.71. The molecule has 4 heteroatoms. The highest BCUT2D eigenvalue weighted by Gasteiger charge is 2.21. The Labute approximate surface area is 108 Å². The molecule has 0 heterocycles. The van der Waals surface area contributed by atoms with E-state index in [2.05, 4.69) is 10.6 Å². The molecule has 1 aliphatic carbocycles. The minimum atomic E-state index is 0.0791. The Balaban J connectivity index is 1.62. The van der Waals surface area contributed by atoms with Crippen molar-refractivity contribution in [3.63, 3.8) is 0 Å². The first-order valence-corrected chi connectivity index (χ1v) is 6.38. The van der Waals surface area contributed by atoms with Crippen LogP contribution in [0.15, 0.2) is 24.3 Å². The Morgan fingerprint density at radius 1 is 1.33 bits per heavy atom. The van der Waals surface area contributed by atoms with Gasteiger partial charge in [-0.1, -0.05) is 12.1 Å². The van der Waals surface area contributed by atoms with Crippen molar-refractivity contribution in [2.75, 3.05) is 20.2 Å². The van der Waals surface area contributed by atoms with E-state index in [4.69, 9.17) is 4.74 Å². The Bertz CT molecular complexity index is 385. The van der Waals surface area contributed by atoms with Gasteiger partial charge in [-0.2, -0.15) is 0 Å². The third-order valence-electron chi connectivity index (χ3n) is 3.06. The van der Waals surface area contributed by atoms with E-state index in [1.165, 1.54) is 12.8 Å². The van der Waals surface area contributed by atoms with Crippen LogP contribution in [0.4, 0.5) is 0 Å². The summed E-state index contributed by atoms with van der Waals surface area (Å²) in [7, 11) is 1.65. The van der Waals surface area contributed by atoms with Gasteiger partial charge < -0.3 is 15.4 Å². The molecule has 0 radical (unpaired) electrons. The highest BCUT2D eigenvalue weighted by molar-refractivity contribution is 5.77. The molecule has 1 amide bonds. The second-order valence-corrected chi connectivity index (χ2v) is 4.70. The number of nitrogens with one attached hydrogen (secondary N) is 2. The summed E-state index contributed by atoms with van der Waals surface area (Å²) < 4.78 is 5.09. The largest absolute Gasteiger partial charge is 0.497 e. The van der Waals surface area contributed by atoms with Crippen LogP contribution in [0.25, 0.3) is 0 Å². The molecule has 1 aromatic rings. The number of carbonyl (C=O) groups is 1. The quantitative estimate of drug-likeness (QED) is 0.765. The lowest BCUT2D eigenvalue weighted by Gasteiger charge is -2.07. The normalized spacial score (nSPS) is 14.3. The average Bonchev–Trinajstić information content (AvgIpc) is 3.21. The van der Waals surface area contributed by atoms with Gasteiger partial charge in [0.1, 0.15) is 5.75 Å². The maximum absolute atomic E-state index is 11.5. The molecule has 0 saturated heterocycles. The van der Waals surface area contributed by atoms with E-state index in [9.17, 15) is 4.79 Å². The van der Waals surface area contributed by atoms with E-state index in [1.807, 2.05) is 24.3 Å². The molecule has 0 aromatic heterocycles. The predicted molar refractivity (Wildman–Crippen MR) is 70.4 cm³/mol. The number of ether oxygens (including phenoxy) is 1. The van der Waals surface area contributed by atoms with Crippen molar-refractivity contribution >= 4 is 5.91 Å². The monoisotopic (exact) mass is 248 g/mol. The summed E-state index contributed by atoms with van der Waals surface area (Å²) in [6.07, 6.45) is 2.53. The van der Waals surface area contributed by atoms with E-state index in [0.29, 0.717) is 13.1 Å². The van der Waals surface area contributed by atoms with Crippen LogP contribution < -0.4 is 15.4 Å². The standard InChI is InChI=1S/C14H20N2O2/c1-18-13-6-4-11(5-7-13)8-15-10-14(17)16-9-12-2-3-12/h4-7,12,15H,2-3,8-10H2,1H3,(H,16,17). The van der Waals surface area contributed by atoms with Gasteiger partial charge in [-0.25, -0.2) is 0 Å². The maximum atomic E-state index is 11.5. The molecule has 0 atom stereocenters. The van der Waals surface area contributed by atoms with Crippen molar-refractivity contribution in [2.45, 2.75) is 19.4 Å². The second-order valence-electron chi connectivity index (χ2n) is 4.70. The zero-order chi connectivity index (χ0) is 12.8. The highest BCUT2D eigenvalue weighted by Crippen LogP contribution is 2.27. The topological polar surface area (TPSA) is 50.4 Å². The van der Waals surface area contributed by atoms with Gasteiger partial charge in [-0.15, -0.1) is 0 Å². The van der Waals surface area contributed by atoms with Crippen molar-refractivity contribution in [1.82, 2.24) is 10.6 Å². The van der Waals surface area contributed by atoms with Crippen LogP contribution in [0.5, 0.6) is 5.75 Å². The van der Waals surface area contributed by atoms with Crippen LogP contribution >= 0.6 is 0 Å². The minimum Gasteiger partial charge on any atom is -0.497 e. The molecule has 2 N–H and O–H groups in total. The molecule has 1 aromatic carbocycles. The third kappa shape index (κ3) is 4.37. The van der Waals surface area contributed by atoms with E-state index >= 15 is 0 Å². The molecular weight excluding hydrogens is 228 g/mol. The van der Waals surface area contributed by atoms with E-state index in [-0.39, 0.29) is 5.91 Å². The zero-order valence-corrected chi connectivity index (χ0v) is 10.7. The van der Waals surface area contributed by atoms with Crippen molar-refractivity contribution in [3.05, 3.63) is 29.8 Å². The Kier molecular flexibility index (Phi) is 4.59. The molecule has 2 rings (SSSR count). The van der Waals surface area contributed by atoms with Crippen LogP contribution in [-0.2, 0) is 11.3 Å². The first kappa shape index (κ1) is 12.9. The van der Waals surface area contributed by atoms with Gasteiger partial charge in [0.15, 0.2) is 0 Å². The fourth-order valence-electron chi connectivity index (χ4n) is 1.71. The lowest BCUT2D eigenvalue weighted by molar-refractivity contribution is -0.120. The van der Waals surface area contributed by atoms with E-state index in [0.717, 1.165) is 23.8 Å². The number of rotatable bonds is 7. The van der Waals surface area contributed by atoms with Gasteiger partial charge in [-0.05, 0) is 36.5 Å². The summed E-state index contributed by atoms with van der Waals surface area (Å²) in [5.41, 5.74) is 1.14. The zero-order valence-electron chi connectivity index (χ0n) is 10.7. The van der Waals surface area contributed by atoms with Gasteiger partial charge >= 0.3 is 0 Å². The van der Waals surface area contributed by atoms with Gasteiger partial charge in [0.2, 0.25) is 5.91 Å². The maximum Gasteiger partial charge on any atom is 0.233 e. The SMILES string of the molecule is COc1ccc(CNCC(=O)NCC2CC2)cc1. The van der Waals surface area contributed by atoms with Gasteiger partial charge in [0, 0.05) is 13.1 Å². The molecule has 1 saturated carbocycles. The molecule has 0 aliphatic heterocycles. The summed E-state index contributed by atoms with van der Waals surface area (Å²) in [4.78, 5) is 11.5. The first-order chi connectivity index (χ1) is 8.78. The highest BCUT2D eigenvalue weighted by atomic mass is 16.5. The Hall–Kier alpha value is -1.55. The van der Waals surface area contributed by atoms with Crippen LogP contribution in [-0.4, -0.2) is 26.1 Å². The number of amides is 1. The van der Waals surface area contributed by atoms with Gasteiger partial charge in [-0.3, -0.25) is 4.79 Å². The van der Waals surface area contributed by atoms with Crippen molar-refractivity contribution in [3.8, 4) is 5.75 Å². The summed E-state index contributed by atoms with van der Waals surface area (Å²) >= 11 is 0. The fraction of sp³-hybridized carbons (Fsp3) is 0.500. The summed E-state index contributed by atoms with van der Waals surface area (Å²) in [5.74, 6) is 1.66. The van der Waals surface area contributed by atoms with E-state index in [1.54, 1.807) is 7.11 Å². The lowest BCUT2D eigenvalue weighted by Crippen LogP contribution is -2.34. The third-order valence-corrected chi connectivity index (χ3v) is 3.06. The number of hydrogen-bond acceptors (Lipinski definition) is 3. The van der Waals surface area contributed by atoms with Crippen molar-refractivity contribution in [1.29, 1.82) is 0 Å². The molecule has 18 heavy (non-hydrogen) atoms.